The number of benzene rings is 3. The van der Waals surface area contributed by atoms with E-state index in [1.54, 1.807) is 0 Å². The molecule has 13 fully saturated rings. The lowest BCUT2D eigenvalue weighted by Crippen LogP contribution is -2.92. The predicted molar refractivity (Wildman–Crippen MR) is 299 cm³/mol. The van der Waals surface area contributed by atoms with Gasteiger partial charge in [0.1, 0.15) is 34.9 Å². The maximum Gasteiger partial charge on any atom is 0.612 e. The lowest BCUT2D eigenvalue weighted by Gasteiger charge is -2.67. The fraction of sp³-hybridized carbons (Fsp3) is 0.660. The molecule has 0 amide bonds. The highest BCUT2D eigenvalue weighted by molar-refractivity contribution is 7.12. The summed E-state index contributed by atoms with van der Waals surface area (Å²) in [6.07, 6.45) is 3.85. The van der Waals surface area contributed by atoms with Crippen molar-refractivity contribution >= 4 is 93.4 Å². The van der Waals surface area contributed by atoms with Crippen molar-refractivity contribution in [1.82, 2.24) is 0 Å². The van der Waals surface area contributed by atoms with Crippen molar-refractivity contribution in [3.63, 3.8) is 0 Å². The van der Waals surface area contributed by atoms with Gasteiger partial charge in [0.2, 0.25) is 6.35 Å². The summed E-state index contributed by atoms with van der Waals surface area (Å²) in [5.74, 6) is -48.2. The summed E-state index contributed by atoms with van der Waals surface area (Å²) in [6, 6.07) is 0. The van der Waals surface area contributed by atoms with Gasteiger partial charge in [0, 0.05) is 38.8 Å². The first kappa shape index (κ1) is 63.9. The molecule has 0 atom stereocenters. The van der Waals surface area contributed by atoms with Crippen LogP contribution in [0.5, 0.6) is 0 Å². The largest absolute Gasteiger partial charge is 0.612 e. The molecule has 3 aromatic rings. The molecule has 0 radical (unpaired) electrons. The summed E-state index contributed by atoms with van der Waals surface area (Å²) in [5, 5.41) is 0. The van der Waals surface area contributed by atoms with Gasteiger partial charge in [0.05, 0.1) is 0 Å². The van der Waals surface area contributed by atoms with Gasteiger partial charge in [-0.25, -0.2) is 65.9 Å². The van der Waals surface area contributed by atoms with E-state index in [2.05, 4.69) is 0 Å². The van der Waals surface area contributed by atoms with Gasteiger partial charge in [-0.15, -0.1) is 0 Å². The van der Waals surface area contributed by atoms with Crippen molar-refractivity contribution in [2.24, 2.45) is 0 Å². The highest BCUT2D eigenvalue weighted by Crippen LogP contribution is 2.66. The first-order chi connectivity index (χ1) is 43.0. The van der Waals surface area contributed by atoms with Gasteiger partial charge in [-0.05, 0) is 89.9 Å². The summed E-state index contributed by atoms with van der Waals surface area (Å²) in [7, 11) is -44.0. The fourth-order valence-electron chi connectivity index (χ4n) is 17.3. The van der Waals surface area contributed by atoms with E-state index >= 15 is 65.9 Å². The standard InChI is InChI=1S/C53H63BF15O13Si8/c55-39-36(40(56)46(62)51(67)45(39)61)54(37-41(57)47(63)52(68)48(64)42(37)58,38-43(59)49(65)53(69)50(66)44(38)60)70-90-80-87(33-23-9-10-24-33)74-84(30-17-3-4-18-30)71-83(29-15-1-2-16-29)72-85(76-87,31-19-5-6-20-31)78-89(82-90,35-27-13-14-28-35)79-86(73-83,32-21-7-8-22-32)77-88(75-84,81-90)34-25-11-12-26-34/h29-35H,1-28H2/q-1. The van der Waals surface area contributed by atoms with Crippen molar-refractivity contribution in [1.29, 1.82) is 0 Å². The first-order valence-electron chi connectivity index (χ1n) is 31.8. The van der Waals surface area contributed by atoms with Crippen LogP contribution in [0.15, 0.2) is 0 Å². The van der Waals surface area contributed by atoms with Gasteiger partial charge in [0.15, 0.2) is 52.4 Å². The van der Waals surface area contributed by atoms with E-state index in [0.29, 0.717) is 128 Å². The van der Waals surface area contributed by atoms with E-state index in [1.807, 2.05) is 0 Å². The molecule has 0 unspecified atom stereocenters. The third kappa shape index (κ3) is 9.38. The van der Waals surface area contributed by atoms with Crippen molar-refractivity contribution in [2.45, 2.75) is 219 Å². The first-order valence-corrected chi connectivity index (χ1v) is 46.0. The molecule has 13 aliphatic rings. The normalized spacial score (nSPS) is 36.7. The minimum Gasteiger partial charge on any atom is -0.560 e. The molecule has 13 nitrogen and oxygen atoms in total. The molecule has 0 N–H and O–H groups in total. The SMILES string of the molecule is Fc1c(F)c(F)c([B-](O[Si]23O[Si]4(C5CCCC5)O[Si]5(C6CCCC6)O[Si](C6CCCC6)(O2)O[Si]2(C6CCCC6)O[Si](C6CCCC6)(O3)O[Si](C3CCCC3)(O4)O[Si](C3CCCC3)(O5)O2)(c2c(F)c(F)c(F)c(F)c2F)c2c(F)c(F)c(F)c(F)c2F)c(F)c1F. The van der Waals surface area contributed by atoms with Gasteiger partial charge in [-0.3, -0.25) is 0 Å². The molecule has 6 aliphatic heterocycles. The number of hydrogen-bond donors (Lipinski definition) is 0. The Morgan fingerprint density at radius 3 is 0.500 bits per heavy atom. The van der Waals surface area contributed by atoms with Crippen LogP contribution in [0.2, 0.25) is 38.8 Å². The van der Waals surface area contributed by atoms with E-state index < -0.39 is 219 Å². The highest BCUT2D eigenvalue weighted by atomic mass is 28.6. The highest BCUT2D eigenvalue weighted by Gasteiger charge is 2.89. The Balaban J connectivity index is 1.14. The van der Waals surface area contributed by atoms with E-state index in [9.17, 15) is 0 Å². The zero-order valence-corrected chi connectivity index (χ0v) is 56.4. The van der Waals surface area contributed by atoms with Gasteiger partial charge in [-0.2, -0.15) is 0 Å². The molecular formula is C53H63BF15O13Si8-. The van der Waals surface area contributed by atoms with Gasteiger partial charge >= 0.3 is 70.7 Å². The van der Waals surface area contributed by atoms with E-state index in [-0.39, 0.29) is 38.5 Å². The maximum atomic E-state index is 17.9. The van der Waals surface area contributed by atoms with Crippen LogP contribution in [0.3, 0.4) is 0 Å². The van der Waals surface area contributed by atoms with Crippen LogP contribution in [0.1, 0.15) is 180 Å². The zero-order valence-electron chi connectivity index (χ0n) is 48.4. The van der Waals surface area contributed by atoms with Crippen LogP contribution in [-0.4, -0.2) is 77.0 Å². The summed E-state index contributed by atoms with van der Waals surface area (Å²) < 4.78 is 357. The summed E-state index contributed by atoms with van der Waals surface area (Å²) >= 11 is 0. The Bertz CT molecular complexity index is 2960. The molecule has 7 aliphatic carbocycles. The van der Waals surface area contributed by atoms with Crippen molar-refractivity contribution < 1.29 is 120 Å². The number of halogens is 15. The van der Waals surface area contributed by atoms with Gasteiger partial charge < -0.3 is 53.7 Å². The average molecular weight is 1430 g/mol. The van der Waals surface area contributed by atoms with Crippen LogP contribution in [0.25, 0.3) is 0 Å². The molecule has 37 heteroatoms. The second-order valence-electron chi connectivity index (χ2n) is 26.7. The molecule has 6 heterocycles. The molecule has 6 saturated heterocycles. The fourth-order valence-corrected chi connectivity index (χ4v) is 72.0. The third-order valence-electron chi connectivity index (χ3n) is 21.6. The molecule has 0 aromatic heterocycles. The second-order valence-corrected chi connectivity index (χ2v) is 51.9. The molecule has 90 heavy (non-hydrogen) atoms. The number of hydrogen-bond acceptors (Lipinski definition) is 13. The molecule has 16 rings (SSSR count). The Kier molecular flexibility index (Phi) is 16.2. The van der Waals surface area contributed by atoms with Crippen molar-refractivity contribution in [3.8, 4) is 0 Å². The minimum absolute atomic E-state index is 0.0764. The topological polar surface area (TPSA) is 120 Å². The Morgan fingerprint density at radius 1 is 0.211 bits per heavy atom. The van der Waals surface area contributed by atoms with Crippen LogP contribution in [0.4, 0.5) is 65.9 Å². The van der Waals surface area contributed by atoms with Crippen LogP contribution in [-0.2, 0) is 53.7 Å². The molecule has 0 spiro atoms. The Hall–Kier alpha value is -2.11. The van der Waals surface area contributed by atoms with Crippen molar-refractivity contribution in [3.05, 3.63) is 87.3 Å². The Morgan fingerprint density at radius 2 is 0.344 bits per heavy atom. The molecule has 7 saturated carbocycles. The van der Waals surface area contributed by atoms with Crippen LogP contribution in [0, 0.1) is 87.3 Å². The third-order valence-corrected chi connectivity index (χ3v) is 60.2. The van der Waals surface area contributed by atoms with Gasteiger partial charge in [0.25, 0.3) is 0 Å². The summed E-state index contributed by atoms with van der Waals surface area (Å²) in [4.78, 5) is 0. The predicted octanol–water partition coefficient (Wildman–Crippen LogP) is 13.6. The lowest BCUT2D eigenvalue weighted by molar-refractivity contribution is -0.0607. The monoisotopic (exact) mass is 1430 g/mol. The van der Waals surface area contributed by atoms with E-state index in [1.165, 1.54) is 0 Å². The van der Waals surface area contributed by atoms with E-state index in [4.69, 9.17) is 53.7 Å². The average Bonchev–Trinajstić information content (AvgIpc) is 0.906. The quantitative estimate of drug-likeness (QED) is 0.0741. The lowest BCUT2D eigenvalue weighted by atomic mass is 9.28. The maximum absolute atomic E-state index is 17.9. The molecule has 494 valence electrons. The van der Waals surface area contributed by atoms with E-state index in [0.717, 1.165) is 12.8 Å². The Labute approximate surface area is 516 Å². The minimum atomic E-state index is -7.24. The zero-order chi connectivity index (χ0) is 62.9. The molecule has 8 bridgehead atoms. The second kappa shape index (κ2) is 22.7. The smallest absolute Gasteiger partial charge is 0.560 e. The van der Waals surface area contributed by atoms with Crippen molar-refractivity contribution in [2.75, 3.05) is 0 Å². The van der Waals surface area contributed by atoms with Crippen LogP contribution >= 0.6 is 0 Å². The number of rotatable bonds is 12. The molecule has 3 aromatic carbocycles. The van der Waals surface area contributed by atoms with Crippen LogP contribution < -0.4 is 16.4 Å². The molecular weight excluding hydrogens is 1370 g/mol. The summed E-state index contributed by atoms with van der Waals surface area (Å²) in [6.45, 7) is 0. The summed E-state index contributed by atoms with van der Waals surface area (Å²) in [5.41, 5.74) is -15.0. The van der Waals surface area contributed by atoms with Gasteiger partial charge in [-0.1, -0.05) is 106 Å².